The number of nitrogens with one attached hydrogen (secondary N) is 1. The van der Waals surface area contributed by atoms with Crippen molar-refractivity contribution in [3.05, 3.63) is 35.7 Å². The molecule has 0 saturated heterocycles. The Hall–Kier alpha value is -2.50. The van der Waals surface area contributed by atoms with Gasteiger partial charge in [0.1, 0.15) is 17.5 Å². The molecule has 142 valence electrons. The lowest BCUT2D eigenvalue weighted by Crippen LogP contribution is -2.20. The molecule has 0 radical (unpaired) electrons. The van der Waals surface area contributed by atoms with Crippen molar-refractivity contribution in [1.82, 2.24) is 9.97 Å². The van der Waals surface area contributed by atoms with Gasteiger partial charge in [0, 0.05) is 26.2 Å². The van der Waals surface area contributed by atoms with Crippen molar-refractivity contribution >= 4 is 11.6 Å². The van der Waals surface area contributed by atoms with Crippen LogP contribution in [-0.2, 0) is 6.42 Å². The molecule has 6 heteroatoms. The normalized spacial score (nSPS) is 10.5. The summed E-state index contributed by atoms with van der Waals surface area (Å²) in [5, 5.41) is 3.40. The summed E-state index contributed by atoms with van der Waals surface area (Å²) in [4.78, 5) is 11.2. The number of aryl methyl sites for hydroxylation is 1. The fourth-order valence-corrected chi connectivity index (χ4v) is 2.72. The van der Waals surface area contributed by atoms with Gasteiger partial charge in [0.05, 0.1) is 14.2 Å². The summed E-state index contributed by atoms with van der Waals surface area (Å²) >= 11 is 0. The maximum absolute atomic E-state index is 5.36. The quantitative estimate of drug-likeness (QED) is 0.699. The van der Waals surface area contributed by atoms with Gasteiger partial charge in [0.2, 0.25) is 0 Å². The van der Waals surface area contributed by atoms with Crippen molar-refractivity contribution in [2.45, 2.75) is 33.1 Å². The van der Waals surface area contributed by atoms with Crippen LogP contribution in [0.1, 0.15) is 31.2 Å². The summed E-state index contributed by atoms with van der Waals surface area (Å²) in [5.41, 5.74) is 1.18. The number of hydrogen-bond acceptors (Lipinski definition) is 6. The molecule has 0 bridgehead atoms. The highest BCUT2D eigenvalue weighted by Gasteiger charge is 2.07. The van der Waals surface area contributed by atoms with E-state index in [0.717, 1.165) is 54.9 Å². The molecule has 6 nitrogen and oxygen atoms in total. The van der Waals surface area contributed by atoms with Crippen LogP contribution in [0, 0.1) is 6.92 Å². The largest absolute Gasteiger partial charge is 0.493 e. The Morgan fingerprint density at radius 2 is 1.85 bits per heavy atom. The zero-order valence-electron chi connectivity index (χ0n) is 16.5. The van der Waals surface area contributed by atoms with Gasteiger partial charge < -0.3 is 19.7 Å². The van der Waals surface area contributed by atoms with E-state index in [9.17, 15) is 0 Å². The number of ether oxygens (including phenoxy) is 2. The predicted octanol–water partition coefficient (Wildman–Crippen LogP) is 3.69. The van der Waals surface area contributed by atoms with Gasteiger partial charge in [-0.3, -0.25) is 0 Å². The molecule has 1 aromatic carbocycles. The molecule has 2 rings (SSSR count). The van der Waals surface area contributed by atoms with Crippen LogP contribution in [0.25, 0.3) is 0 Å². The van der Waals surface area contributed by atoms with Crippen LogP contribution in [0.3, 0.4) is 0 Å². The van der Waals surface area contributed by atoms with E-state index in [1.54, 1.807) is 14.2 Å². The van der Waals surface area contributed by atoms with Gasteiger partial charge >= 0.3 is 0 Å². The first-order valence-corrected chi connectivity index (χ1v) is 9.09. The third-order valence-electron chi connectivity index (χ3n) is 4.23. The molecule has 1 N–H and O–H groups in total. The van der Waals surface area contributed by atoms with E-state index in [0.29, 0.717) is 0 Å². The molecular formula is C20H30N4O2. The average Bonchev–Trinajstić information content (AvgIpc) is 2.65. The molecule has 0 aliphatic heterocycles. The van der Waals surface area contributed by atoms with Crippen LogP contribution in [0.2, 0.25) is 0 Å². The first kappa shape index (κ1) is 19.8. The van der Waals surface area contributed by atoms with E-state index in [4.69, 9.17) is 9.47 Å². The highest BCUT2D eigenvalue weighted by atomic mass is 16.5. The minimum atomic E-state index is 0.746. The maximum atomic E-state index is 5.36. The molecule has 0 atom stereocenters. The first-order valence-electron chi connectivity index (χ1n) is 9.09. The lowest BCUT2D eigenvalue weighted by molar-refractivity contribution is 0.354. The fraction of sp³-hybridized carbons (Fsp3) is 0.500. The Morgan fingerprint density at radius 3 is 2.54 bits per heavy atom. The molecule has 0 spiro atoms. The van der Waals surface area contributed by atoms with Crippen molar-refractivity contribution in [2.75, 3.05) is 44.6 Å². The Kier molecular flexibility index (Phi) is 7.51. The molecule has 0 aliphatic rings. The summed E-state index contributed by atoms with van der Waals surface area (Å²) in [6.45, 7) is 5.90. The predicted molar refractivity (Wildman–Crippen MR) is 107 cm³/mol. The lowest BCUT2D eigenvalue weighted by atomic mass is 10.1. The standard InChI is InChI=1S/C20H30N4O2/c1-6-7-12-24(3)20-14-19(22-15(2)23-20)21-11-10-16-8-9-17(25-4)18(13-16)26-5/h8-9,13-14H,6-7,10-12H2,1-5H3,(H,21,22,23). The van der Waals surface area contributed by atoms with Crippen LogP contribution in [0.5, 0.6) is 11.5 Å². The number of benzene rings is 1. The first-order chi connectivity index (χ1) is 12.6. The highest BCUT2D eigenvalue weighted by Crippen LogP contribution is 2.27. The Balaban J connectivity index is 1.98. The van der Waals surface area contributed by atoms with E-state index in [-0.39, 0.29) is 0 Å². The highest BCUT2D eigenvalue weighted by molar-refractivity contribution is 5.49. The Labute approximate surface area is 156 Å². The summed E-state index contributed by atoms with van der Waals surface area (Å²) in [6.07, 6.45) is 3.19. The molecule has 26 heavy (non-hydrogen) atoms. The smallest absolute Gasteiger partial charge is 0.160 e. The third kappa shape index (κ3) is 5.51. The minimum Gasteiger partial charge on any atom is -0.493 e. The van der Waals surface area contributed by atoms with E-state index >= 15 is 0 Å². The van der Waals surface area contributed by atoms with Crippen molar-refractivity contribution in [3.8, 4) is 11.5 Å². The number of nitrogens with zero attached hydrogens (tertiary/aromatic N) is 3. The van der Waals surface area contributed by atoms with Crippen molar-refractivity contribution < 1.29 is 9.47 Å². The zero-order valence-corrected chi connectivity index (χ0v) is 16.5. The molecule has 0 aliphatic carbocycles. The second-order valence-corrected chi connectivity index (χ2v) is 6.30. The molecule has 1 heterocycles. The van der Waals surface area contributed by atoms with E-state index < -0.39 is 0 Å². The second kappa shape index (κ2) is 9.85. The topological polar surface area (TPSA) is 59.5 Å². The van der Waals surface area contributed by atoms with Crippen molar-refractivity contribution in [1.29, 1.82) is 0 Å². The average molecular weight is 358 g/mol. The number of unbranched alkanes of at least 4 members (excludes halogenated alkanes) is 1. The van der Waals surface area contributed by atoms with Gasteiger partial charge in [-0.25, -0.2) is 9.97 Å². The van der Waals surface area contributed by atoms with E-state index in [1.165, 1.54) is 12.0 Å². The van der Waals surface area contributed by atoms with Crippen LogP contribution in [-0.4, -0.2) is 44.3 Å². The Morgan fingerprint density at radius 1 is 1.08 bits per heavy atom. The number of anilines is 2. The number of methoxy groups -OCH3 is 2. The maximum Gasteiger partial charge on any atom is 0.160 e. The van der Waals surface area contributed by atoms with E-state index in [1.807, 2.05) is 25.1 Å². The van der Waals surface area contributed by atoms with Gasteiger partial charge in [0.15, 0.2) is 11.5 Å². The van der Waals surface area contributed by atoms with Crippen molar-refractivity contribution in [2.24, 2.45) is 0 Å². The molecule has 0 saturated carbocycles. The molecule has 2 aromatic rings. The fourth-order valence-electron chi connectivity index (χ4n) is 2.72. The third-order valence-corrected chi connectivity index (χ3v) is 4.23. The number of rotatable bonds is 10. The molecular weight excluding hydrogens is 328 g/mol. The van der Waals surface area contributed by atoms with Gasteiger partial charge in [-0.15, -0.1) is 0 Å². The van der Waals surface area contributed by atoms with Gasteiger partial charge in [-0.1, -0.05) is 19.4 Å². The molecule has 0 fully saturated rings. The van der Waals surface area contributed by atoms with Gasteiger partial charge in [-0.2, -0.15) is 0 Å². The van der Waals surface area contributed by atoms with Crippen LogP contribution >= 0.6 is 0 Å². The Bertz CT molecular complexity index is 706. The lowest BCUT2D eigenvalue weighted by Gasteiger charge is -2.19. The van der Waals surface area contributed by atoms with Gasteiger partial charge in [0.25, 0.3) is 0 Å². The minimum absolute atomic E-state index is 0.746. The molecule has 1 aromatic heterocycles. The number of aromatic nitrogens is 2. The van der Waals surface area contributed by atoms with Gasteiger partial charge in [-0.05, 0) is 37.5 Å². The monoisotopic (exact) mass is 358 g/mol. The number of hydrogen-bond donors (Lipinski definition) is 1. The van der Waals surface area contributed by atoms with Crippen LogP contribution in [0.15, 0.2) is 24.3 Å². The van der Waals surface area contributed by atoms with Crippen LogP contribution < -0.4 is 19.7 Å². The summed E-state index contributed by atoms with van der Waals surface area (Å²) in [6, 6.07) is 8.01. The summed E-state index contributed by atoms with van der Waals surface area (Å²) in [5.74, 6) is 4.09. The summed E-state index contributed by atoms with van der Waals surface area (Å²) < 4.78 is 10.6. The summed E-state index contributed by atoms with van der Waals surface area (Å²) in [7, 11) is 5.37. The second-order valence-electron chi connectivity index (χ2n) is 6.30. The molecule has 0 amide bonds. The SMILES string of the molecule is CCCCN(C)c1cc(NCCc2ccc(OC)c(OC)c2)nc(C)n1. The van der Waals surface area contributed by atoms with E-state index in [2.05, 4.69) is 40.2 Å². The molecule has 0 unspecified atom stereocenters. The zero-order chi connectivity index (χ0) is 18.9. The van der Waals surface area contributed by atoms with Crippen molar-refractivity contribution in [3.63, 3.8) is 0 Å². The van der Waals surface area contributed by atoms with Crippen LogP contribution in [0.4, 0.5) is 11.6 Å².